The zero-order valence-electron chi connectivity index (χ0n) is 20.9. The van der Waals surface area contributed by atoms with E-state index in [9.17, 15) is 4.79 Å². The highest BCUT2D eigenvalue weighted by Gasteiger charge is 2.11. The molecule has 7 nitrogen and oxygen atoms in total. The molecule has 0 saturated carbocycles. The Bertz CT molecular complexity index is 1270. The number of carbonyl (C=O) groups is 1. The smallest absolute Gasteiger partial charge is 0.224 e. The third kappa shape index (κ3) is 6.56. The molecule has 0 fully saturated rings. The summed E-state index contributed by atoms with van der Waals surface area (Å²) in [5, 5.41) is 3.03. The molecule has 0 aliphatic rings. The Morgan fingerprint density at radius 2 is 1.64 bits per heavy atom. The van der Waals surface area contributed by atoms with Gasteiger partial charge in [-0.05, 0) is 54.8 Å². The minimum atomic E-state index is 0.0159. The molecule has 0 aliphatic carbocycles. The number of hydrogen-bond donors (Lipinski definition) is 1. The molecule has 7 heteroatoms. The molecular weight excluding hydrogens is 454 g/mol. The van der Waals surface area contributed by atoms with Crippen molar-refractivity contribution in [2.75, 3.05) is 27.4 Å². The molecule has 1 aromatic heterocycles. The standard InChI is InChI=1S/C29H33N3O4/c1-34-23-16-14-22(15-17-23)21-29(33)30-18-7-13-28-31-24-9-3-4-10-25(24)32(28)19-8-20-36-27-12-6-5-11-26(27)35-2/h3-6,9-12,14-17H,7-8,13,18-21H2,1-2H3,(H,30,33). The molecule has 0 saturated heterocycles. The lowest BCUT2D eigenvalue weighted by Crippen LogP contribution is -2.26. The number of amides is 1. The Morgan fingerprint density at radius 3 is 2.42 bits per heavy atom. The van der Waals surface area contributed by atoms with Gasteiger partial charge in [-0.25, -0.2) is 4.98 Å². The average molecular weight is 488 g/mol. The Labute approximate surface area is 212 Å². The van der Waals surface area contributed by atoms with Crippen molar-refractivity contribution >= 4 is 16.9 Å². The van der Waals surface area contributed by atoms with Crippen LogP contribution in [0.3, 0.4) is 0 Å². The first-order valence-corrected chi connectivity index (χ1v) is 12.3. The molecule has 4 aromatic rings. The average Bonchev–Trinajstić information content (AvgIpc) is 3.27. The maximum atomic E-state index is 12.3. The molecule has 0 atom stereocenters. The van der Waals surface area contributed by atoms with E-state index in [1.165, 1.54) is 0 Å². The van der Waals surface area contributed by atoms with Crippen LogP contribution in [0.25, 0.3) is 11.0 Å². The van der Waals surface area contributed by atoms with Gasteiger partial charge in [-0.2, -0.15) is 0 Å². The number of imidazole rings is 1. The second-order valence-corrected chi connectivity index (χ2v) is 8.50. The third-order valence-electron chi connectivity index (χ3n) is 6.01. The van der Waals surface area contributed by atoms with E-state index in [-0.39, 0.29) is 5.91 Å². The SMILES string of the molecule is COc1ccc(CC(=O)NCCCc2nc3ccccc3n2CCCOc2ccccc2OC)cc1. The molecule has 1 heterocycles. The quantitative estimate of drug-likeness (QED) is 0.274. The number of nitrogens with one attached hydrogen (secondary N) is 1. The topological polar surface area (TPSA) is 74.6 Å². The summed E-state index contributed by atoms with van der Waals surface area (Å²) in [4.78, 5) is 17.2. The van der Waals surface area contributed by atoms with Gasteiger partial charge >= 0.3 is 0 Å². The summed E-state index contributed by atoms with van der Waals surface area (Å²) in [7, 11) is 3.28. The van der Waals surface area contributed by atoms with Crippen LogP contribution in [-0.2, 0) is 24.2 Å². The number of hydrogen-bond acceptors (Lipinski definition) is 5. The molecule has 0 bridgehead atoms. The van der Waals surface area contributed by atoms with Gasteiger partial charge in [-0.3, -0.25) is 4.79 Å². The number of benzene rings is 3. The normalized spacial score (nSPS) is 10.8. The Balaban J connectivity index is 1.28. The number of para-hydroxylation sites is 4. The van der Waals surface area contributed by atoms with E-state index in [2.05, 4.69) is 16.0 Å². The lowest BCUT2D eigenvalue weighted by atomic mass is 10.1. The van der Waals surface area contributed by atoms with E-state index in [1.54, 1.807) is 14.2 Å². The number of carbonyl (C=O) groups excluding carboxylic acids is 1. The zero-order valence-corrected chi connectivity index (χ0v) is 20.9. The largest absolute Gasteiger partial charge is 0.497 e. The maximum Gasteiger partial charge on any atom is 0.224 e. The van der Waals surface area contributed by atoms with Crippen LogP contribution in [0.2, 0.25) is 0 Å². The highest BCUT2D eigenvalue weighted by atomic mass is 16.5. The molecule has 0 unspecified atom stereocenters. The molecule has 4 rings (SSSR count). The molecule has 0 spiro atoms. The van der Waals surface area contributed by atoms with Crippen molar-refractivity contribution in [3.05, 3.63) is 84.2 Å². The number of nitrogens with zero attached hydrogens (tertiary/aromatic N) is 2. The minimum absolute atomic E-state index is 0.0159. The summed E-state index contributed by atoms with van der Waals surface area (Å²) < 4.78 is 18.7. The Morgan fingerprint density at radius 1 is 0.889 bits per heavy atom. The van der Waals surface area contributed by atoms with E-state index >= 15 is 0 Å². The molecule has 0 radical (unpaired) electrons. The van der Waals surface area contributed by atoms with Crippen LogP contribution in [-0.4, -0.2) is 42.8 Å². The highest BCUT2D eigenvalue weighted by Crippen LogP contribution is 2.26. The lowest BCUT2D eigenvalue weighted by molar-refractivity contribution is -0.120. The predicted molar refractivity (Wildman–Crippen MR) is 141 cm³/mol. The molecule has 1 amide bonds. The van der Waals surface area contributed by atoms with Crippen molar-refractivity contribution in [2.45, 2.75) is 32.2 Å². The summed E-state index contributed by atoms with van der Waals surface area (Å²) >= 11 is 0. The summed E-state index contributed by atoms with van der Waals surface area (Å²) in [6, 6.07) is 23.4. The predicted octanol–water partition coefficient (Wildman–Crippen LogP) is 4.81. The summed E-state index contributed by atoms with van der Waals surface area (Å²) in [5.74, 6) is 3.31. The fraction of sp³-hybridized carbons (Fsp3) is 0.310. The maximum absolute atomic E-state index is 12.3. The van der Waals surface area contributed by atoms with Gasteiger partial charge in [-0.1, -0.05) is 36.4 Å². The number of ether oxygens (including phenoxy) is 3. The summed E-state index contributed by atoms with van der Waals surface area (Å²) in [6.45, 7) is 1.98. The van der Waals surface area contributed by atoms with Gasteiger partial charge in [0.05, 0.1) is 38.3 Å². The molecule has 3 aromatic carbocycles. The van der Waals surface area contributed by atoms with E-state index < -0.39 is 0 Å². The van der Waals surface area contributed by atoms with Crippen molar-refractivity contribution < 1.29 is 19.0 Å². The van der Waals surface area contributed by atoms with Crippen molar-refractivity contribution in [3.63, 3.8) is 0 Å². The van der Waals surface area contributed by atoms with Crippen LogP contribution < -0.4 is 19.5 Å². The first kappa shape index (κ1) is 25.1. The Kier molecular flexibility index (Phi) is 8.81. The second-order valence-electron chi connectivity index (χ2n) is 8.50. The molecule has 36 heavy (non-hydrogen) atoms. The van der Waals surface area contributed by atoms with Crippen LogP contribution in [0.15, 0.2) is 72.8 Å². The van der Waals surface area contributed by atoms with E-state index in [0.717, 1.165) is 65.5 Å². The fourth-order valence-corrected chi connectivity index (χ4v) is 4.17. The van der Waals surface area contributed by atoms with Crippen molar-refractivity contribution in [2.24, 2.45) is 0 Å². The molecule has 188 valence electrons. The minimum Gasteiger partial charge on any atom is -0.497 e. The van der Waals surface area contributed by atoms with Crippen LogP contribution in [0.5, 0.6) is 17.2 Å². The van der Waals surface area contributed by atoms with Gasteiger partial charge in [0.25, 0.3) is 0 Å². The number of methoxy groups -OCH3 is 2. The van der Waals surface area contributed by atoms with E-state index in [0.29, 0.717) is 19.6 Å². The van der Waals surface area contributed by atoms with Gasteiger partial charge in [0.2, 0.25) is 5.91 Å². The van der Waals surface area contributed by atoms with Gasteiger partial charge in [0.15, 0.2) is 11.5 Å². The summed E-state index contributed by atoms with van der Waals surface area (Å²) in [6.07, 6.45) is 2.79. The van der Waals surface area contributed by atoms with Gasteiger partial charge in [-0.15, -0.1) is 0 Å². The van der Waals surface area contributed by atoms with Crippen molar-refractivity contribution in [1.29, 1.82) is 0 Å². The van der Waals surface area contributed by atoms with Crippen molar-refractivity contribution in [3.8, 4) is 17.2 Å². The highest BCUT2D eigenvalue weighted by molar-refractivity contribution is 5.78. The zero-order chi connectivity index (χ0) is 25.2. The number of aromatic nitrogens is 2. The van der Waals surface area contributed by atoms with Gasteiger partial charge in [0, 0.05) is 19.5 Å². The first-order valence-electron chi connectivity index (χ1n) is 12.3. The van der Waals surface area contributed by atoms with Gasteiger partial charge in [0.1, 0.15) is 11.6 Å². The van der Waals surface area contributed by atoms with Crippen molar-refractivity contribution in [1.82, 2.24) is 14.9 Å². The number of fused-ring (bicyclic) bond motifs is 1. The molecular formula is C29H33N3O4. The Hall–Kier alpha value is -4.00. The monoisotopic (exact) mass is 487 g/mol. The fourth-order valence-electron chi connectivity index (χ4n) is 4.17. The molecule has 1 N–H and O–H groups in total. The summed E-state index contributed by atoms with van der Waals surface area (Å²) in [5.41, 5.74) is 3.07. The molecule has 0 aliphatic heterocycles. The number of rotatable bonds is 13. The second kappa shape index (κ2) is 12.6. The van der Waals surface area contributed by atoms with Crippen LogP contribution >= 0.6 is 0 Å². The van der Waals surface area contributed by atoms with Crippen LogP contribution in [0.4, 0.5) is 0 Å². The van der Waals surface area contributed by atoms with Crippen LogP contribution in [0, 0.1) is 0 Å². The first-order chi connectivity index (χ1) is 17.7. The lowest BCUT2D eigenvalue weighted by Gasteiger charge is -2.12. The van der Waals surface area contributed by atoms with Crippen LogP contribution in [0.1, 0.15) is 24.2 Å². The third-order valence-corrected chi connectivity index (χ3v) is 6.01. The number of aryl methyl sites for hydroxylation is 2. The van der Waals surface area contributed by atoms with Gasteiger partial charge < -0.3 is 24.1 Å². The van der Waals surface area contributed by atoms with E-state index in [1.807, 2.05) is 66.7 Å². The van der Waals surface area contributed by atoms with E-state index in [4.69, 9.17) is 19.2 Å².